The average Bonchev–Trinajstić information content (AvgIpc) is 3.29. The summed E-state index contributed by atoms with van der Waals surface area (Å²) in [6.45, 7) is 2.21. The molecular formula is C17H23N3. The molecule has 3 heteroatoms. The van der Waals surface area contributed by atoms with Crippen molar-refractivity contribution in [1.29, 1.82) is 5.26 Å². The molecule has 106 valence electrons. The third-order valence-corrected chi connectivity index (χ3v) is 4.65. The number of likely N-dealkylation sites (tertiary alicyclic amines) is 1. The maximum atomic E-state index is 9.37. The van der Waals surface area contributed by atoms with Crippen LogP contribution in [-0.4, -0.2) is 31.1 Å². The highest BCUT2D eigenvalue weighted by Crippen LogP contribution is 2.36. The number of rotatable bonds is 4. The zero-order chi connectivity index (χ0) is 13.9. The highest BCUT2D eigenvalue weighted by molar-refractivity contribution is 5.40. The van der Waals surface area contributed by atoms with E-state index in [9.17, 15) is 5.26 Å². The van der Waals surface area contributed by atoms with Crippen LogP contribution in [0, 0.1) is 17.2 Å². The van der Waals surface area contributed by atoms with E-state index >= 15 is 0 Å². The summed E-state index contributed by atoms with van der Waals surface area (Å²) < 4.78 is 0. The molecule has 0 aromatic heterocycles. The van der Waals surface area contributed by atoms with Gasteiger partial charge in [-0.15, -0.1) is 0 Å². The normalized spacial score (nSPS) is 27.2. The quantitative estimate of drug-likeness (QED) is 0.913. The van der Waals surface area contributed by atoms with E-state index in [1.807, 2.05) is 12.1 Å². The molecule has 1 saturated carbocycles. The van der Waals surface area contributed by atoms with Crippen molar-refractivity contribution >= 4 is 0 Å². The first-order valence-corrected chi connectivity index (χ1v) is 7.72. The maximum absolute atomic E-state index is 9.37. The van der Waals surface area contributed by atoms with Crippen LogP contribution in [0.3, 0.4) is 0 Å². The van der Waals surface area contributed by atoms with Gasteiger partial charge in [-0.1, -0.05) is 18.2 Å². The van der Waals surface area contributed by atoms with Crippen molar-refractivity contribution in [3.05, 3.63) is 35.4 Å². The fourth-order valence-corrected chi connectivity index (χ4v) is 3.43. The van der Waals surface area contributed by atoms with Gasteiger partial charge in [-0.3, -0.25) is 4.90 Å². The van der Waals surface area contributed by atoms with Crippen molar-refractivity contribution in [1.82, 2.24) is 10.2 Å². The van der Waals surface area contributed by atoms with E-state index in [1.165, 1.54) is 31.2 Å². The third-order valence-electron chi connectivity index (χ3n) is 4.65. The van der Waals surface area contributed by atoms with Crippen molar-refractivity contribution in [2.24, 2.45) is 5.92 Å². The fraction of sp³-hybridized carbons (Fsp3) is 0.588. The van der Waals surface area contributed by atoms with Crippen molar-refractivity contribution < 1.29 is 0 Å². The van der Waals surface area contributed by atoms with Crippen molar-refractivity contribution in [2.45, 2.75) is 37.8 Å². The minimum absolute atomic E-state index is 0.380. The minimum Gasteiger partial charge on any atom is -0.314 e. The van der Waals surface area contributed by atoms with E-state index in [-0.39, 0.29) is 0 Å². The van der Waals surface area contributed by atoms with Crippen LogP contribution in [-0.2, 0) is 0 Å². The van der Waals surface area contributed by atoms with Gasteiger partial charge in [0.05, 0.1) is 11.6 Å². The van der Waals surface area contributed by atoms with Gasteiger partial charge in [0.15, 0.2) is 0 Å². The Morgan fingerprint density at radius 1 is 1.30 bits per heavy atom. The molecule has 3 nitrogen and oxygen atoms in total. The fourth-order valence-electron chi connectivity index (χ4n) is 3.43. The number of hydrogen-bond acceptors (Lipinski definition) is 3. The van der Waals surface area contributed by atoms with Crippen molar-refractivity contribution in [3.8, 4) is 6.07 Å². The van der Waals surface area contributed by atoms with Crippen LogP contribution in [0.1, 0.15) is 42.9 Å². The second-order valence-electron chi connectivity index (χ2n) is 6.21. The lowest BCUT2D eigenvalue weighted by Crippen LogP contribution is -2.41. The Balaban J connectivity index is 1.82. The summed E-state index contributed by atoms with van der Waals surface area (Å²) in [5.41, 5.74) is 2.04. The first-order chi connectivity index (χ1) is 9.79. The summed E-state index contributed by atoms with van der Waals surface area (Å²) in [5, 5.41) is 13.0. The van der Waals surface area contributed by atoms with E-state index in [0.29, 0.717) is 12.0 Å². The van der Waals surface area contributed by atoms with Crippen LogP contribution in [0.2, 0.25) is 0 Å². The summed E-state index contributed by atoms with van der Waals surface area (Å²) in [5.74, 6) is 0.615. The molecule has 20 heavy (non-hydrogen) atoms. The highest BCUT2D eigenvalue weighted by atomic mass is 15.1. The Morgan fingerprint density at radius 3 is 2.85 bits per heavy atom. The molecule has 1 aliphatic carbocycles. The molecule has 1 heterocycles. The molecule has 2 unspecified atom stereocenters. The maximum Gasteiger partial charge on any atom is 0.0995 e. The van der Waals surface area contributed by atoms with Gasteiger partial charge in [-0.05, 0) is 56.8 Å². The van der Waals surface area contributed by atoms with Gasteiger partial charge in [0.1, 0.15) is 0 Å². The molecule has 1 aliphatic heterocycles. The lowest BCUT2D eigenvalue weighted by atomic mass is 9.83. The van der Waals surface area contributed by atoms with Crippen LogP contribution >= 0.6 is 0 Å². The molecule has 1 N–H and O–H groups in total. The van der Waals surface area contributed by atoms with Gasteiger partial charge >= 0.3 is 0 Å². The predicted octanol–water partition coefficient (Wildman–Crippen LogP) is 2.69. The van der Waals surface area contributed by atoms with Gasteiger partial charge in [0.2, 0.25) is 0 Å². The number of nitrogens with one attached hydrogen (secondary N) is 1. The number of nitriles is 1. The Bertz CT molecular complexity index is 501. The summed E-state index contributed by atoms with van der Waals surface area (Å²) in [6, 6.07) is 11.6. The van der Waals surface area contributed by atoms with E-state index in [4.69, 9.17) is 0 Å². The first kappa shape index (κ1) is 13.6. The van der Waals surface area contributed by atoms with Crippen LogP contribution in [0.5, 0.6) is 0 Å². The topological polar surface area (TPSA) is 39.1 Å². The molecular weight excluding hydrogens is 246 g/mol. The number of benzene rings is 1. The Kier molecular flexibility index (Phi) is 4.05. The predicted molar refractivity (Wildman–Crippen MR) is 80.3 cm³/mol. The van der Waals surface area contributed by atoms with Crippen LogP contribution in [0.15, 0.2) is 24.3 Å². The van der Waals surface area contributed by atoms with Crippen molar-refractivity contribution in [3.63, 3.8) is 0 Å². The van der Waals surface area contributed by atoms with Gasteiger partial charge in [-0.25, -0.2) is 0 Å². The Morgan fingerprint density at radius 2 is 2.10 bits per heavy atom. The minimum atomic E-state index is 0.380. The zero-order valence-corrected chi connectivity index (χ0v) is 12.2. The van der Waals surface area contributed by atoms with E-state index < -0.39 is 0 Å². The molecule has 1 aromatic rings. The Labute approximate surface area is 121 Å². The van der Waals surface area contributed by atoms with Crippen molar-refractivity contribution in [2.75, 3.05) is 20.1 Å². The van der Waals surface area contributed by atoms with Crippen LogP contribution < -0.4 is 5.32 Å². The average molecular weight is 269 g/mol. The van der Waals surface area contributed by atoms with Gasteiger partial charge in [-0.2, -0.15) is 5.26 Å². The summed E-state index contributed by atoms with van der Waals surface area (Å²) >= 11 is 0. The standard InChI is InChI=1S/C17H23N3/c1-20-10-4-6-14(12-19-15-8-9-15)17(20)16-7-3-2-5-13(16)11-18/h2-3,5,7,14-15,17,19H,4,6,8-10,12H2,1H3. The van der Waals surface area contributed by atoms with Gasteiger partial charge in [0.25, 0.3) is 0 Å². The molecule has 2 aliphatic rings. The molecule has 1 aromatic carbocycles. The van der Waals surface area contributed by atoms with E-state index in [0.717, 1.165) is 24.7 Å². The molecule has 0 spiro atoms. The molecule has 0 radical (unpaired) electrons. The molecule has 1 saturated heterocycles. The van der Waals surface area contributed by atoms with E-state index in [2.05, 4.69) is 35.5 Å². The number of piperidine rings is 1. The monoisotopic (exact) mass is 269 g/mol. The number of hydrogen-bond donors (Lipinski definition) is 1. The zero-order valence-electron chi connectivity index (χ0n) is 12.2. The number of nitrogens with zero attached hydrogens (tertiary/aromatic N) is 2. The molecule has 0 bridgehead atoms. The van der Waals surface area contributed by atoms with E-state index in [1.54, 1.807) is 0 Å². The first-order valence-electron chi connectivity index (χ1n) is 7.72. The molecule has 0 amide bonds. The lowest BCUT2D eigenvalue weighted by Gasteiger charge is -2.40. The largest absolute Gasteiger partial charge is 0.314 e. The SMILES string of the molecule is CN1CCCC(CNC2CC2)C1c1ccccc1C#N. The third kappa shape index (κ3) is 2.87. The second-order valence-corrected chi connectivity index (χ2v) is 6.21. The lowest BCUT2D eigenvalue weighted by molar-refractivity contribution is 0.119. The summed E-state index contributed by atoms with van der Waals surface area (Å²) in [4.78, 5) is 2.43. The van der Waals surface area contributed by atoms with Gasteiger partial charge < -0.3 is 5.32 Å². The highest BCUT2D eigenvalue weighted by Gasteiger charge is 2.33. The summed E-state index contributed by atoms with van der Waals surface area (Å²) in [7, 11) is 2.20. The smallest absolute Gasteiger partial charge is 0.0995 e. The second kappa shape index (κ2) is 5.95. The molecule has 2 atom stereocenters. The van der Waals surface area contributed by atoms with Crippen LogP contribution in [0.25, 0.3) is 0 Å². The molecule has 3 rings (SSSR count). The molecule has 2 fully saturated rings. The van der Waals surface area contributed by atoms with Gasteiger partial charge in [0, 0.05) is 18.6 Å². The Hall–Kier alpha value is -1.37. The van der Waals surface area contributed by atoms with Crippen LogP contribution in [0.4, 0.5) is 0 Å². The summed E-state index contributed by atoms with van der Waals surface area (Å²) in [6.07, 6.45) is 5.19.